The Morgan fingerprint density at radius 2 is 2.24 bits per heavy atom. The first kappa shape index (κ1) is 11.9. The van der Waals surface area contributed by atoms with E-state index in [1.54, 1.807) is 0 Å². The summed E-state index contributed by atoms with van der Waals surface area (Å²) in [4.78, 5) is 11.8. The number of nitrogens with one attached hydrogen (secondary N) is 1. The van der Waals surface area contributed by atoms with Crippen LogP contribution in [0.1, 0.15) is 29.6 Å². The van der Waals surface area contributed by atoms with Crippen LogP contribution < -0.4 is 11.1 Å². The highest BCUT2D eigenvalue weighted by atomic mass is 19.1. The Labute approximate surface area is 98.6 Å². The van der Waals surface area contributed by atoms with Crippen LogP contribution >= 0.6 is 0 Å². The highest BCUT2D eigenvalue weighted by Crippen LogP contribution is 2.21. The summed E-state index contributed by atoms with van der Waals surface area (Å²) in [5, 5.41) is 12.2. The lowest BCUT2D eigenvalue weighted by atomic mass is 10.1. The van der Waals surface area contributed by atoms with Crippen molar-refractivity contribution in [1.82, 2.24) is 5.32 Å². The minimum atomic E-state index is -0.573. The summed E-state index contributed by atoms with van der Waals surface area (Å²) in [5.41, 5.74) is 5.90. The van der Waals surface area contributed by atoms with E-state index in [1.807, 2.05) is 0 Å². The molecule has 4 nitrogen and oxygen atoms in total. The first-order chi connectivity index (χ1) is 8.08. The molecule has 4 N–H and O–H groups in total. The third kappa shape index (κ3) is 2.55. The number of hydrogen-bond acceptors (Lipinski definition) is 3. The van der Waals surface area contributed by atoms with E-state index in [-0.39, 0.29) is 23.4 Å². The standard InChI is InChI=1S/C12H15FN2O2/c13-7-4-5-8(11(16)6-7)12(17)15-10-3-1-2-9(10)14/h4-6,9-10,16H,1-3,14H2,(H,15,17). The van der Waals surface area contributed by atoms with E-state index in [4.69, 9.17) is 5.73 Å². The molecule has 1 aromatic carbocycles. The van der Waals surface area contributed by atoms with Gasteiger partial charge in [-0.25, -0.2) is 4.39 Å². The van der Waals surface area contributed by atoms with E-state index in [0.29, 0.717) is 0 Å². The summed E-state index contributed by atoms with van der Waals surface area (Å²) in [6.45, 7) is 0. The van der Waals surface area contributed by atoms with E-state index >= 15 is 0 Å². The zero-order chi connectivity index (χ0) is 12.4. The molecule has 1 fully saturated rings. The van der Waals surface area contributed by atoms with Crippen LogP contribution in [-0.4, -0.2) is 23.1 Å². The van der Waals surface area contributed by atoms with Gasteiger partial charge in [0.15, 0.2) is 0 Å². The number of amides is 1. The predicted molar refractivity (Wildman–Crippen MR) is 61.1 cm³/mol. The van der Waals surface area contributed by atoms with Crippen molar-refractivity contribution in [3.63, 3.8) is 0 Å². The van der Waals surface area contributed by atoms with Crippen molar-refractivity contribution < 1.29 is 14.3 Å². The molecule has 0 radical (unpaired) electrons. The van der Waals surface area contributed by atoms with Gasteiger partial charge in [0.2, 0.25) is 0 Å². The highest BCUT2D eigenvalue weighted by molar-refractivity contribution is 5.97. The third-order valence-electron chi connectivity index (χ3n) is 3.09. The summed E-state index contributed by atoms with van der Waals surface area (Å²) in [5.74, 6) is -1.34. The monoisotopic (exact) mass is 238 g/mol. The predicted octanol–water partition coefficient (Wildman–Crippen LogP) is 1.14. The number of rotatable bonds is 2. The quantitative estimate of drug-likeness (QED) is 0.723. The molecule has 1 aromatic rings. The summed E-state index contributed by atoms with van der Waals surface area (Å²) in [6, 6.07) is 3.22. The maximum atomic E-state index is 12.8. The topological polar surface area (TPSA) is 75.3 Å². The first-order valence-electron chi connectivity index (χ1n) is 5.63. The van der Waals surface area contributed by atoms with Gasteiger partial charge >= 0.3 is 0 Å². The van der Waals surface area contributed by atoms with Gasteiger partial charge < -0.3 is 16.2 Å². The molecule has 17 heavy (non-hydrogen) atoms. The van der Waals surface area contributed by atoms with E-state index in [9.17, 15) is 14.3 Å². The molecule has 1 aliphatic rings. The summed E-state index contributed by atoms with van der Waals surface area (Å²) >= 11 is 0. The molecule has 0 aliphatic heterocycles. The van der Waals surface area contributed by atoms with Gasteiger partial charge in [0.25, 0.3) is 5.91 Å². The van der Waals surface area contributed by atoms with Gasteiger partial charge in [0.1, 0.15) is 11.6 Å². The Bertz CT molecular complexity index is 437. The fourth-order valence-electron chi connectivity index (χ4n) is 2.11. The molecule has 0 aromatic heterocycles. The Kier molecular flexibility index (Phi) is 3.28. The van der Waals surface area contributed by atoms with Crippen molar-refractivity contribution in [3.8, 4) is 5.75 Å². The third-order valence-corrected chi connectivity index (χ3v) is 3.09. The minimum absolute atomic E-state index is 0.0402. The molecule has 1 saturated carbocycles. The molecule has 1 aliphatic carbocycles. The first-order valence-corrected chi connectivity index (χ1v) is 5.63. The number of phenolic OH excluding ortho intramolecular Hbond substituents is 1. The smallest absolute Gasteiger partial charge is 0.255 e. The van der Waals surface area contributed by atoms with Crippen LogP contribution in [0.25, 0.3) is 0 Å². The number of halogens is 1. The summed E-state index contributed by atoms with van der Waals surface area (Å²) in [6.07, 6.45) is 2.72. The fourth-order valence-corrected chi connectivity index (χ4v) is 2.11. The van der Waals surface area contributed by atoms with Gasteiger partial charge in [0, 0.05) is 18.2 Å². The number of aromatic hydroxyl groups is 1. The molecular formula is C12H15FN2O2. The van der Waals surface area contributed by atoms with Gasteiger partial charge in [0.05, 0.1) is 5.56 Å². The molecule has 0 bridgehead atoms. The van der Waals surface area contributed by atoms with Gasteiger partial charge in [-0.1, -0.05) is 0 Å². The summed E-state index contributed by atoms with van der Waals surface area (Å²) in [7, 11) is 0. The Balaban J connectivity index is 2.09. The van der Waals surface area contributed by atoms with Crippen molar-refractivity contribution in [2.24, 2.45) is 5.73 Å². The molecule has 2 unspecified atom stereocenters. The number of hydrogen-bond donors (Lipinski definition) is 3. The maximum absolute atomic E-state index is 12.8. The molecule has 0 heterocycles. The molecular weight excluding hydrogens is 223 g/mol. The molecule has 2 rings (SSSR count). The van der Waals surface area contributed by atoms with Crippen molar-refractivity contribution >= 4 is 5.91 Å². The van der Waals surface area contributed by atoms with E-state index in [0.717, 1.165) is 31.4 Å². The van der Waals surface area contributed by atoms with Crippen LogP contribution in [0.4, 0.5) is 4.39 Å². The Morgan fingerprint density at radius 1 is 1.47 bits per heavy atom. The number of carbonyl (C=O) groups is 1. The van der Waals surface area contributed by atoms with Crippen LogP contribution in [0.2, 0.25) is 0 Å². The van der Waals surface area contributed by atoms with E-state index < -0.39 is 11.7 Å². The zero-order valence-electron chi connectivity index (χ0n) is 9.32. The second kappa shape index (κ2) is 4.71. The second-order valence-electron chi connectivity index (χ2n) is 4.34. The Hall–Kier alpha value is -1.62. The van der Waals surface area contributed by atoms with Gasteiger partial charge in [-0.15, -0.1) is 0 Å². The molecule has 5 heteroatoms. The lowest BCUT2D eigenvalue weighted by Crippen LogP contribution is -2.43. The van der Waals surface area contributed by atoms with Crippen molar-refractivity contribution in [2.45, 2.75) is 31.3 Å². The lowest BCUT2D eigenvalue weighted by Gasteiger charge is -2.17. The number of phenols is 1. The van der Waals surface area contributed by atoms with Gasteiger partial charge in [-0.05, 0) is 31.4 Å². The molecule has 0 spiro atoms. The lowest BCUT2D eigenvalue weighted by molar-refractivity contribution is 0.0932. The normalized spacial score (nSPS) is 23.6. The van der Waals surface area contributed by atoms with Crippen LogP contribution in [0.5, 0.6) is 5.75 Å². The summed E-state index contributed by atoms with van der Waals surface area (Å²) < 4.78 is 12.8. The van der Waals surface area contributed by atoms with Crippen LogP contribution in [0.15, 0.2) is 18.2 Å². The number of nitrogens with two attached hydrogens (primary N) is 1. The number of benzene rings is 1. The van der Waals surface area contributed by atoms with Crippen LogP contribution in [-0.2, 0) is 0 Å². The van der Waals surface area contributed by atoms with Gasteiger partial charge in [-0.2, -0.15) is 0 Å². The second-order valence-corrected chi connectivity index (χ2v) is 4.34. The Morgan fingerprint density at radius 3 is 2.82 bits per heavy atom. The molecule has 92 valence electrons. The zero-order valence-corrected chi connectivity index (χ0v) is 9.32. The van der Waals surface area contributed by atoms with Crippen LogP contribution in [0.3, 0.4) is 0 Å². The van der Waals surface area contributed by atoms with Crippen LogP contribution in [0, 0.1) is 5.82 Å². The maximum Gasteiger partial charge on any atom is 0.255 e. The largest absolute Gasteiger partial charge is 0.507 e. The molecule has 1 amide bonds. The average Bonchev–Trinajstić information content (AvgIpc) is 2.64. The van der Waals surface area contributed by atoms with Crippen molar-refractivity contribution in [2.75, 3.05) is 0 Å². The van der Waals surface area contributed by atoms with Gasteiger partial charge in [-0.3, -0.25) is 4.79 Å². The van der Waals surface area contributed by atoms with E-state index in [2.05, 4.69) is 5.32 Å². The highest BCUT2D eigenvalue weighted by Gasteiger charge is 2.26. The molecule has 2 atom stereocenters. The molecule has 0 saturated heterocycles. The van der Waals surface area contributed by atoms with Crippen molar-refractivity contribution in [1.29, 1.82) is 0 Å². The average molecular weight is 238 g/mol. The van der Waals surface area contributed by atoms with Crippen molar-refractivity contribution in [3.05, 3.63) is 29.6 Å². The van der Waals surface area contributed by atoms with E-state index in [1.165, 1.54) is 6.07 Å². The fraction of sp³-hybridized carbons (Fsp3) is 0.417. The number of carbonyl (C=O) groups excluding carboxylic acids is 1. The SMILES string of the molecule is NC1CCCC1NC(=O)c1ccc(F)cc1O. The minimum Gasteiger partial charge on any atom is -0.507 e.